The highest BCUT2D eigenvalue weighted by Gasteiger charge is 2.13. The Morgan fingerprint density at radius 1 is 1.14 bits per heavy atom. The Morgan fingerprint density at radius 2 is 1.95 bits per heavy atom. The lowest BCUT2D eigenvalue weighted by Gasteiger charge is -2.12. The van der Waals surface area contributed by atoms with Gasteiger partial charge < -0.3 is 10.6 Å². The number of pyridine rings is 1. The maximum Gasteiger partial charge on any atom is 0.259 e. The molecule has 2 rings (SSSR count). The highest BCUT2D eigenvalue weighted by atomic mass is 16.1. The first-order valence-electron chi connectivity index (χ1n) is 7.34. The molecular weight excluding hydrogens is 262 g/mol. The third-order valence-electron chi connectivity index (χ3n) is 3.24. The number of carbonyl (C=O) groups excluding carboxylic acids is 1. The fourth-order valence-electron chi connectivity index (χ4n) is 2.11. The monoisotopic (exact) mass is 283 g/mol. The fraction of sp³-hybridized carbons (Fsp3) is 0.294. The summed E-state index contributed by atoms with van der Waals surface area (Å²) in [7, 11) is 0. The van der Waals surface area contributed by atoms with Gasteiger partial charge in [0.2, 0.25) is 0 Å². The number of rotatable bonds is 6. The molecule has 0 radical (unpaired) electrons. The topological polar surface area (TPSA) is 54.0 Å². The van der Waals surface area contributed by atoms with Gasteiger partial charge in [-0.2, -0.15) is 0 Å². The van der Waals surface area contributed by atoms with E-state index in [2.05, 4.69) is 29.5 Å². The van der Waals surface area contributed by atoms with Crippen LogP contribution in [0, 0.1) is 0 Å². The average molecular weight is 283 g/mol. The van der Waals surface area contributed by atoms with E-state index in [0.29, 0.717) is 11.4 Å². The van der Waals surface area contributed by atoms with E-state index in [1.807, 2.05) is 24.3 Å². The van der Waals surface area contributed by atoms with Crippen LogP contribution in [0.5, 0.6) is 0 Å². The molecule has 1 aromatic carbocycles. The molecular formula is C17H21N3O. The minimum absolute atomic E-state index is 0.136. The Bertz CT molecular complexity index is 610. The summed E-state index contributed by atoms with van der Waals surface area (Å²) in [6.07, 6.45) is 3.55. The van der Waals surface area contributed by atoms with Gasteiger partial charge in [0.15, 0.2) is 0 Å². The first kappa shape index (κ1) is 15.0. The van der Waals surface area contributed by atoms with Gasteiger partial charge in [0, 0.05) is 18.4 Å². The number of hydrogen-bond donors (Lipinski definition) is 2. The predicted molar refractivity (Wildman–Crippen MR) is 86.8 cm³/mol. The summed E-state index contributed by atoms with van der Waals surface area (Å²) in [5, 5.41) is 6.16. The van der Waals surface area contributed by atoms with Crippen molar-refractivity contribution in [1.82, 2.24) is 4.98 Å². The zero-order chi connectivity index (χ0) is 15.1. The summed E-state index contributed by atoms with van der Waals surface area (Å²) in [5.74, 6) is 0.494. The minimum Gasteiger partial charge on any atom is -0.369 e. The lowest BCUT2D eigenvalue weighted by Crippen LogP contribution is -2.16. The first-order chi connectivity index (χ1) is 10.3. The molecule has 4 nitrogen and oxygen atoms in total. The van der Waals surface area contributed by atoms with E-state index in [4.69, 9.17) is 0 Å². The first-order valence-corrected chi connectivity index (χ1v) is 7.34. The summed E-state index contributed by atoms with van der Waals surface area (Å²) >= 11 is 0. The van der Waals surface area contributed by atoms with Crippen molar-refractivity contribution in [3.63, 3.8) is 0 Å². The number of anilines is 2. The Kier molecular flexibility index (Phi) is 5.32. The van der Waals surface area contributed by atoms with Crippen molar-refractivity contribution in [2.75, 3.05) is 17.2 Å². The van der Waals surface area contributed by atoms with Crippen molar-refractivity contribution in [2.24, 2.45) is 0 Å². The van der Waals surface area contributed by atoms with E-state index in [0.717, 1.165) is 30.6 Å². The van der Waals surface area contributed by atoms with Crippen LogP contribution in [0.4, 0.5) is 11.5 Å². The normalized spacial score (nSPS) is 10.2. The predicted octanol–water partition coefficient (Wildman–Crippen LogP) is 3.72. The minimum atomic E-state index is -0.136. The zero-order valence-electron chi connectivity index (χ0n) is 12.5. The molecule has 110 valence electrons. The zero-order valence-corrected chi connectivity index (χ0v) is 12.5. The SMILES string of the molecule is CCCNc1ncccc1C(=O)Nc1ccccc1CC. The molecule has 2 aromatic rings. The maximum absolute atomic E-state index is 12.5. The standard InChI is InChI=1S/C17H21N3O/c1-3-11-18-16-14(9-7-12-19-16)17(21)20-15-10-6-5-8-13(15)4-2/h5-10,12H,3-4,11H2,1-2H3,(H,18,19)(H,20,21). The molecule has 0 saturated carbocycles. The third kappa shape index (κ3) is 3.81. The van der Waals surface area contributed by atoms with Gasteiger partial charge in [0.1, 0.15) is 5.82 Å². The van der Waals surface area contributed by atoms with Crippen molar-refractivity contribution < 1.29 is 4.79 Å². The van der Waals surface area contributed by atoms with Gasteiger partial charge in [0.25, 0.3) is 5.91 Å². The van der Waals surface area contributed by atoms with Gasteiger partial charge >= 0.3 is 0 Å². The molecule has 0 saturated heterocycles. The fourth-order valence-corrected chi connectivity index (χ4v) is 2.11. The van der Waals surface area contributed by atoms with Gasteiger partial charge in [-0.3, -0.25) is 4.79 Å². The Morgan fingerprint density at radius 3 is 2.71 bits per heavy atom. The Balaban J connectivity index is 2.20. The van der Waals surface area contributed by atoms with Gasteiger partial charge in [-0.05, 0) is 36.6 Å². The summed E-state index contributed by atoms with van der Waals surface area (Å²) in [6, 6.07) is 11.4. The molecule has 1 heterocycles. The van der Waals surface area contributed by atoms with Crippen molar-refractivity contribution in [1.29, 1.82) is 0 Å². The van der Waals surface area contributed by atoms with Crippen molar-refractivity contribution in [3.8, 4) is 0 Å². The number of aryl methyl sites for hydroxylation is 1. The van der Waals surface area contributed by atoms with Gasteiger partial charge in [-0.15, -0.1) is 0 Å². The van der Waals surface area contributed by atoms with Crippen LogP contribution in [0.15, 0.2) is 42.6 Å². The summed E-state index contributed by atoms with van der Waals surface area (Å²) in [6.45, 7) is 4.94. The lowest BCUT2D eigenvalue weighted by molar-refractivity contribution is 0.102. The van der Waals surface area contributed by atoms with Crippen molar-refractivity contribution in [3.05, 3.63) is 53.7 Å². The molecule has 0 aliphatic heterocycles. The quantitative estimate of drug-likeness (QED) is 0.849. The summed E-state index contributed by atoms with van der Waals surface area (Å²) in [4.78, 5) is 16.7. The van der Waals surface area contributed by atoms with Crippen LogP contribution in [0.2, 0.25) is 0 Å². The molecule has 1 amide bonds. The Hall–Kier alpha value is -2.36. The molecule has 2 N–H and O–H groups in total. The lowest BCUT2D eigenvalue weighted by atomic mass is 10.1. The number of benzene rings is 1. The second-order valence-corrected chi connectivity index (χ2v) is 4.79. The molecule has 4 heteroatoms. The smallest absolute Gasteiger partial charge is 0.259 e. The number of nitrogens with one attached hydrogen (secondary N) is 2. The number of amides is 1. The van der Waals surface area contributed by atoms with E-state index in [-0.39, 0.29) is 5.91 Å². The molecule has 0 aliphatic rings. The van der Waals surface area contributed by atoms with Gasteiger partial charge in [-0.1, -0.05) is 32.0 Å². The Labute approximate surface area is 125 Å². The molecule has 0 spiro atoms. The van der Waals surface area contributed by atoms with Crippen LogP contribution in [0.25, 0.3) is 0 Å². The summed E-state index contributed by atoms with van der Waals surface area (Å²) in [5.41, 5.74) is 2.55. The molecule has 21 heavy (non-hydrogen) atoms. The second kappa shape index (κ2) is 7.43. The molecule has 0 aliphatic carbocycles. The molecule has 0 atom stereocenters. The maximum atomic E-state index is 12.5. The van der Waals surface area contributed by atoms with Crippen LogP contribution >= 0.6 is 0 Å². The third-order valence-corrected chi connectivity index (χ3v) is 3.24. The molecule has 0 fully saturated rings. The van der Waals surface area contributed by atoms with Crippen molar-refractivity contribution >= 4 is 17.4 Å². The van der Waals surface area contributed by atoms with E-state index in [1.165, 1.54) is 0 Å². The average Bonchev–Trinajstić information content (AvgIpc) is 2.53. The van der Waals surface area contributed by atoms with Crippen LogP contribution in [0.1, 0.15) is 36.2 Å². The number of aromatic nitrogens is 1. The van der Waals surface area contributed by atoms with Crippen LogP contribution in [-0.4, -0.2) is 17.4 Å². The number of carbonyl (C=O) groups is 1. The van der Waals surface area contributed by atoms with Crippen LogP contribution < -0.4 is 10.6 Å². The van der Waals surface area contributed by atoms with E-state index in [1.54, 1.807) is 18.3 Å². The van der Waals surface area contributed by atoms with Gasteiger partial charge in [-0.25, -0.2) is 4.98 Å². The molecule has 1 aromatic heterocycles. The molecule has 0 unspecified atom stereocenters. The van der Waals surface area contributed by atoms with E-state index < -0.39 is 0 Å². The van der Waals surface area contributed by atoms with Crippen molar-refractivity contribution in [2.45, 2.75) is 26.7 Å². The van der Waals surface area contributed by atoms with E-state index in [9.17, 15) is 4.79 Å². The molecule has 0 bridgehead atoms. The number of hydrogen-bond acceptors (Lipinski definition) is 3. The largest absolute Gasteiger partial charge is 0.369 e. The number of para-hydroxylation sites is 1. The van der Waals surface area contributed by atoms with Crippen LogP contribution in [-0.2, 0) is 6.42 Å². The highest BCUT2D eigenvalue weighted by molar-refractivity contribution is 6.07. The summed E-state index contributed by atoms with van der Waals surface area (Å²) < 4.78 is 0. The van der Waals surface area contributed by atoms with Crippen LogP contribution in [0.3, 0.4) is 0 Å². The van der Waals surface area contributed by atoms with E-state index >= 15 is 0 Å². The number of nitrogens with zero attached hydrogens (tertiary/aromatic N) is 1. The highest BCUT2D eigenvalue weighted by Crippen LogP contribution is 2.18. The van der Waals surface area contributed by atoms with Gasteiger partial charge in [0.05, 0.1) is 5.56 Å². The second-order valence-electron chi connectivity index (χ2n) is 4.79.